The summed E-state index contributed by atoms with van der Waals surface area (Å²) in [4.78, 5) is 51.6. The van der Waals surface area contributed by atoms with E-state index in [1.807, 2.05) is 0 Å². The fourth-order valence-electron chi connectivity index (χ4n) is 3.84. The Morgan fingerprint density at radius 3 is 2.52 bits per heavy atom. The maximum absolute atomic E-state index is 13.1. The highest BCUT2D eigenvalue weighted by Gasteiger charge is 2.36. The van der Waals surface area contributed by atoms with Crippen LogP contribution in [0.2, 0.25) is 15.1 Å². The third kappa shape index (κ3) is 7.38. The van der Waals surface area contributed by atoms with Gasteiger partial charge in [0.05, 0.1) is 29.2 Å². The van der Waals surface area contributed by atoms with E-state index in [4.69, 9.17) is 49.0 Å². The maximum atomic E-state index is 13.1. The second-order valence-electron chi connectivity index (χ2n) is 8.63. The van der Waals surface area contributed by atoms with Gasteiger partial charge in [-0.1, -0.05) is 53.0 Å². The summed E-state index contributed by atoms with van der Waals surface area (Å²) < 4.78 is 16.4. The number of anilines is 1. The van der Waals surface area contributed by atoms with E-state index >= 15 is 0 Å². The van der Waals surface area contributed by atoms with E-state index in [0.717, 1.165) is 4.90 Å². The molecule has 0 unspecified atom stereocenters. The smallest absolute Gasteiger partial charge is 0.339 e. The van der Waals surface area contributed by atoms with Gasteiger partial charge in [0.2, 0.25) is 5.91 Å². The highest BCUT2D eigenvalue weighted by molar-refractivity contribution is 8.18. The molecule has 13 heteroatoms. The van der Waals surface area contributed by atoms with Gasteiger partial charge in [0.25, 0.3) is 11.1 Å². The Labute approximate surface area is 260 Å². The van der Waals surface area contributed by atoms with Crippen molar-refractivity contribution in [3.05, 3.63) is 91.3 Å². The molecule has 0 radical (unpaired) electrons. The molecule has 3 aromatic carbocycles. The largest absolute Gasteiger partial charge is 0.493 e. The Balaban J connectivity index is 1.49. The molecular weight excluding hydrogens is 627 g/mol. The molecule has 1 fully saturated rings. The molecule has 3 aromatic rings. The lowest BCUT2D eigenvalue weighted by atomic mass is 10.1. The van der Waals surface area contributed by atoms with Crippen molar-refractivity contribution >= 4 is 81.4 Å². The fraction of sp³-hybridized carbons (Fsp3) is 0.172. The summed E-state index contributed by atoms with van der Waals surface area (Å²) in [5, 5.41) is 3.01. The predicted octanol–water partition coefficient (Wildman–Crippen LogP) is 7.09. The SMILES string of the molecule is CCOC(=O)c1cc(NC(=O)CN2C(=O)S/C(=C/c3cccc(OC)c3OCc3ccc(Cl)cc3Cl)C2=O)ccc1Cl. The van der Waals surface area contributed by atoms with Gasteiger partial charge in [0.15, 0.2) is 11.5 Å². The number of esters is 1. The van der Waals surface area contributed by atoms with Crippen LogP contribution >= 0.6 is 46.6 Å². The maximum Gasteiger partial charge on any atom is 0.339 e. The average molecular weight is 650 g/mol. The van der Waals surface area contributed by atoms with Crippen LogP contribution in [0.3, 0.4) is 0 Å². The lowest BCUT2D eigenvalue weighted by Crippen LogP contribution is -2.36. The molecule has 0 aromatic heterocycles. The minimum Gasteiger partial charge on any atom is -0.493 e. The first-order valence-corrected chi connectivity index (χ1v) is 14.3. The van der Waals surface area contributed by atoms with E-state index < -0.39 is 29.6 Å². The zero-order valence-corrected chi connectivity index (χ0v) is 25.3. The normalized spacial score (nSPS) is 13.8. The van der Waals surface area contributed by atoms with Gasteiger partial charge in [-0.05, 0) is 61.2 Å². The number of rotatable bonds is 10. The number of benzene rings is 3. The van der Waals surface area contributed by atoms with Crippen LogP contribution in [0.1, 0.15) is 28.4 Å². The van der Waals surface area contributed by atoms with Crippen molar-refractivity contribution in [1.29, 1.82) is 0 Å². The molecule has 42 heavy (non-hydrogen) atoms. The van der Waals surface area contributed by atoms with E-state index in [1.54, 1.807) is 43.3 Å². The molecule has 0 spiro atoms. The van der Waals surface area contributed by atoms with E-state index in [9.17, 15) is 19.2 Å². The predicted molar refractivity (Wildman–Crippen MR) is 163 cm³/mol. The number of nitrogens with zero attached hydrogens (tertiary/aromatic N) is 1. The Morgan fingerprint density at radius 1 is 1.02 bits per heavy atom. The van der Waals surface area contributed by atoms with Crippen molar-refractivity contribution < 1.29 is 33.4 Å². The summed E-state index contributed by atoms with van der Waals surface area (Å²) in [5.74, 6) is -1.22. The van der Waals surface area contributed by atoms with Gasteiger partial charge in [-0.15, -0.1) is 0 Å². The summed E-state index contributed by atoms with van der Waals surface area (Å²) in [6, 6.07) is 14.4. The van der Waals surface area contributed by atoms with E-state index in [0.29, 0.717) is 44.4 Å². The van der Waals surface area contributed by atoms with E-state index in [2.05, 4.69) is 5.32 Å². The molecule has 1 saturated heterocycles. The van der Waals surface area contributed by atoms with Crippen LogP contribution in [0, 0.1) is 0 Å². The first-order valence-electron chi connectivity index (χ1n) is 12.4. The standard InChI is InChI=1S/C29H23Cl3N2O7S/c1-3-40-28(37)20-13-19(9-10-21(20)31)33-25(35)14-34-27(36)24(42-29(34)38)11-16-5-4-6-23(39-2)26(16)41-15-17-7-8-18(30)12-22(17)32/h4-13H,3,14-15H2,1-2H3,(H,33,35)/b24-11+. The first-order chi connectivity index (χ1) is 20.1. The van der Waals surface area contributed by atoms with Gasteiger partial charge in [-0.2, -0.15) is 0 Å². The quantitative estimate of drug-likeness (QED) is 0.183. The van der Waals surface area contributed by atoms with Crippen molar-refractivity contribution in [3.63, 3.8) is 0 Å². The van der Waals surface area contributed by atoms with Crippen molar-refractivity contribution in [2.45, 2.75) is 13.5 Å². The molecule has 1 aliphatic heterocycles. The monoisotopic (exact) mass is 648 g/mol. The Kier molecular flexibility index (Phi) is 10.4. The molecular formula is C29H23Cl3N2O7S. The van der Waals surface area contributed by atoms with Gasteiger partial charge in [-0.25, -0.2) is 4.79 Å². The highest BCUT2D eigenvalue weighted by Crippen LogP contribution is 2.38. The first kappa shape index (κ1) is 31.2. The number of thioether (sulfide) groups is 1. The summed E-state index contributed by atoms with van der Waals surface area (Å²) in [6.45, 7) is 1.34. The molecule has 218 valence electrons. The van der Waals surface area contributed by atoms with Crippen molar-refractivity contribution in [3.8, 4) is 11.5 Å². The van der Waals surface area contributed by atoms with Gasteiger partial charge < -0.3 is 19.5 Å². The number of carbonyl (C=O) groups is 4. The van der Waals surface area contributed by atoms with Gasteiger partial charge in [0, 0.05) is 26.9 Å². The number of halogens is 3. The molecule has 9 nitrogen and oxygen atoms in total. The van der Waals surface area contributed by atoms with Crippen LogP contribution < -0.4 is 14.8 Å². The van der Waals surface area contributed by atoms with Crippen molar-refractivity contribution in [2.75, 3.05) is 25.6 Å². The number of hydrogen-bond acceptors (Lipinski definition) is 8. The van der Waals surface area contributed by atoms with Crippen LogP contribution in [-0.2, 0) is 20.9 Å². The molecule has 0 bridgehead atoms. The number of carbonyl (C=O) groups excluding carboxylic acids is 4. The molecule has 3 amide bonds. The zero-order valence-electron chi connectivity index (χ0n) is 22.2. The number of para-hydroxylation sites is 1. The van der Waals surface area contributed by atoms with Crippen LogP contribution in [0.25, 0.3) is 6.08 Å². The topological polar surface area (TPSA) is 111 Å². The minimum absolute atomic E-state index is 0.0695. The fourth-order valence-corrected chi connectivity index (χ4v) is 5.33. The lowest BCUT2D eigenvalue weighted by molar-refractivity contribution is -0.127. The number of ether oxygens (including phenoxy) is 3. The van der Waals surface area contributed by atoms with Crippen molar-refractivity contribution in [2.24, 2.45) is 0 Å². The van der Waals surface area contributed by atoms with Gasteiger partial charge in [-0.3, -0.25) is 19.3 Å². The second kappa shape index (κ2) is 14.0. The Morgan fingerprint density at radius 2 is 1.81 bits per heavy atom. The minimum atomic E-state index is -0.655. The molecule has 1 heterocycles. The number of hydrogen-bond donors (Lipinski definition) is 1. The van der Waals surface area contributed by atoms with E-state index in [-0.39, 0.29) is 34.4 Å². The van der Waals surface area contributed by atoms with Gasteiger partial charge in [0.1, 0.15) is 13.2 Å². The molecule has 4 rings (SSSR count). The Bertz CT molecular complexity index is 1600. The van der Waals surface area contributed by atoms with Crippen molar-refractivity contribution in [1.82, 2.24) is 4.90 Å². The van der Waals surface area contributed by atoms with E-state index in [1.165, 1.54) is 31.4 Å². The highest BCUT2D eigenvalue weighted by atomic mass is 35.5. The summed E-state index contributed by atoms with van der Waals surface area (Å²) in [5.41, 5.74) is 1.47. The number of amides is 3. The van der Waals surface area contributed by atoms with Crippen LogP contribution in [-0.4, -0.2) is 48.2 Å². The molecule has 0 saturated carbocycles. The van der Waals surface area contributed by atoms with Crippen LogP contribution in [0.4, 0.5) is 10.5 Å². The summed E-state index contributed by atoms with van der Waals surface area (Å²) >= 11 is 19.0. The van der Waals surface area contributed by atoms with Gasteiger partial charge >= 0.3 is 5.97 Å². The molecule has 0 aliphatic carbocycles. The summed E-state index contributed by atoms with van der Waals surface area (Å²) in [7, 11) is 1.48. The summed E-state index contributed by atoms with van der Waals surface area (Å²) in [6.07, 6.45) is 1.49. The second-order valence-corrected chi connectivity index (χ2v) is 10.9. The zero-order chi connectivity index (χ0) is 30.4. The number of methoxy groups -OCH3 is 1. The molecule has 1 aliphatic rings. The number of nitrogens with one attached hydrogen (secondary N) is 1. The number of imide groups is 1. The van der Waals surface area contributed by atoms with Crippen LogP contribution in [0.5, 0.6) is 11.5 Å². The Hall–Kier alpha value is -3.70. The third-order valence-electron chi connectivity index (χ3n) is 5.82. The molecule has 1 N–H and O–H groups in total. The molecule has 0 atom stereocenters. The third-order valence-corrected chi connectivity index (χ3v) is 7.65. The lowest BCUT2D eigenvalue weighted by Gasteiger charge is -2.15. The average Bonchev–Trinajstić information content (AvgIpc) is 3.21. The van der Waals surface area contributed by atoms with Crippen LogP contribution in [0.15, 0.2) is 59.5 Å².